The molecule has 0 aromatic carbocycles. The summed E-state index contributed by atoms with van der Waals surface area (Å²) in [7, 11) is 1.38. The SMILES string of the molecule is COC(=O)C1(NC(=O)c2sccc2C)CCCCC1.Cc1ccsc1C(=O)NC1(C(=O)O)CCCCC1. The number of aliphatic carboxylic acids is 1. The van der Waals surface area contributed by atoms with Gasteiger partial charge in [-0.05, 0) is 73.6 Å². The molecule has 2 heterocycles. The number of thiophene rings is 2. The Morgan fingerprint density at radius 1 is 0.757 bits per heavy atom. The molecule has 4 rings (SSSR count). The molecule has 2 aromatic heterocycles. The van der Waals surface area contributed by atoms with Crippen LogP contribution in [0.5, 0.6) is 0 Å². The van der Waals surface area contributed by atoms with E-state index in [-0.39, 0.29) is 17.8 Å². The van der Waals surface area contributed by atoms with E-state index in [1.165, 1.54) is 29.8 Å². The number of carboxylic acids is 1. The number of ether oxygens (including phenoxy) is 1. The van der Waals surface area contributed by atoms with Gasteiger partial charge in [0.15, 0.2) is 0 Å². The maximum absolute atomic E-state index is 12.3. The highest BCUT2D eigenvalue weighted by atomic mass is 32.1. The Balaban J connectivity index is 0.000000206. The molecule has 37 heavy (non-hydrogen) atoms. The van der Waals surface area contributed by atoms with Gasteiger partial charge in [0.05, 0.1) is 16.9 Å². The van der Waals surface area contributed by atoms with Crippen molar-refractivity contribution in [3.63, 3.8) is 0 Å². The highest BCUT2D eigenvalue weighted by Gasteiger charge is 2.43. The fraction of sp³-hybridized carbons (Fsp3) is 0.556. The van der Waals surface area contributed by atoms with Crippen molar-refractivity contribution in [1.29, 1.82) is 0 Å². The van der Waals surface area contributed by atoms with Crippen molar-refractivity contribution in [1.82, 2.24) is 10.6 Å². The Kier molecular flexibility index (Phi) is 9.89. The van der Waals surface area contributed by atoms with Crippen LogP contribution in [-0.2, 0) is 14.3 Å². The van der Waals surface area contributed by atoms with Crippen LogP contribution in [0.4, 0.5) is 0 Å². The summed E-state index contributed by atoms with van der Waals surface area (Å²) < 4.78 is 4.89. The number of hydrogen-bond acceptors (Lipinski definition) is 7. The van der Waals surface area contributed by atoms with E-state index in [9.17, 15) is 24.3 Å². The molecule has 0 saturated heterocycles. The average Bonchev–Trinajstić information content (AvgIpc) is 3.52. The van der Waals surface area contributed by atoms with E-state index in [2.05, 4.69) is 10.6 Å². The maximum Gasteiger partial charge on any atom is 0.331 e. The molecule has 2 aliphatic rings. The van der Waals surface area contributed by atoms with Gasteiger partial charge < -0.3 is 20.5 Å². The van der Waals surface area contributed by atoms with Crippen molar-refractivity contribution in [3.05, 3.63) is 43.8 Å². The predicted octanol–water partition coefficient (Wildman–Crippen LogP) is 5.24. The normalized spacial score (nSPS) is 18.0. The van der Waals surface area contributed by atoms with Gasteiger partial charge in [-0.25, -0.2) is 9.59 Å². The molecule has 0 spiro atoms. The minimum atomic E-state index is -1.06. The standard InChI is InChI=1S/C14H19NO3S.C13H17NO3S/c1-10-6-9-19-11(10)12(16)15-14(13(17)18-2)7-4-3-5-8-14;1-9-5-8-18-10(9)11(15)14-13(12(16)17)6-3-2-4-7-13/h6,9H,3-5,7-8H2,1-2H3,(H,15,16);5,8H,2-4,6-7H2,1H3,(H,14,15)(H,16,17). The number of esters is 1. The minimum Gasteiger partial charge on any atom is -0.480 e. The molecule has 2 fully saturated rings. The van der Waals surface area contributed by atoms with Gasteiger partial charge in [0.1, 0.15) is 11.1 Å². The van der Waals surface area contributed by atoms with Gasteiger partial charge in [-0.2, -0.15) is 0 Å². The van der Waals surface area contributed by atoms with Crippen molar-refractivity contribution < 1.29 is 29.0 Å². The Bertz CT molecular complexity index is 1110. The number of nitrogens with one attached hydrogen (secondary N) is 2. The van der Waals surface area contributed by atoms with E-state index in [0.717, 1.165) is 49.7 Å². The lowest BCUT2D eigenvalue weighted by Gasteiger charge is -2.35. The van der Waals surface area contributed by atoms with Crippen molar-refractivity contribution in [2.75, 3.05) is 7.11 Å². The van der Waals surface area contributed by atoms with Crippen LogP contribution in [-0.4, -0.2) is 47.0 Å². The van der Waals surface area contributed by atoms with Crippen molar-refractivity contribution in [3.8, 4) is 0 Å². The van der Waals surface area contributed by atoms with Gasteiger partial charge in [0, 0.05) is 0 Å². The number of aryl methyl sites for hydroxylation is 2. The quantitative estimate of drug-likeness (QED) is 0.425. The summed E-state index contributed by atoms with van der Waals surface area (Å²) in [5, 5.41) is 18.8. The Morgan fingerprint density at radius 3 is 1.51 bits per heavy atom. The molecule has 0 radical (unpaired) electrons. The van der Waals surface area contributed by atoms with Gasteiger partial charge in [0.25, 0.3) is 11.8 Å². The first-order valence-corrected chi connectivity index (χ1v) is 14.4. The molecule has 0 unspecified atom stereocenters. The number of amides is 2. The number of methoxy groups -OCH3 is 1. The van der Waals surface area contributed by atoms with E-state index in [0.29, 0.717) is 35.4 Å². The molecule has 8 nitrogen and oxygen atoms in total. The number of carboxylic acid groups (broad SMARTS) is 1. The van der Waals surface area contributed by atoms with Crippen LogP contribution >= 0.6 is 22.7 Å². The van der Waals surface area contributed by atoms with Crippen LogP contribution in [0.2, 0.25) is 0 Å². The summed E-state index contributed by atoms with van der Waals surface area (Å²) in [4.78, 5) is 49.2. The Morgan fingerprint density at radius 2 is 1.16 bits per heavy atom. The van der Waals surface area contributed by atoms with Crippen LogP contribution < -0.4 is 10.6 Å². The molecule has 2 amide bonds. The first-order valence-electron chi connectivity index (χ1n) is 12.7. The molecule has 0 atom stereocenters. The molecule has 3 N–H and O–H groups in total. The van der Waals surface area contributed by atoms with Crippen LogP contribution in [0.1, 0.15) is 94.7 Å². The molecule has 2 aromatic rings. The summed E-state index contributed by atoms with van der Waals surface area (Å²) in [6.07, 6.45) is 8.13. The second kappa shape index (κ2) is 12.7. The molecule has 2 aliphatic carbocycles. The third kappa shape index (κ3) is 6.78. The van der Waals surface area contributed by atoms with Crippen LogP contribution in [0.25, 0.3) is 0 Å². The second-order valence-corrected chi connectivity index (χ2v) is 11.7. The summed E-state index contributed by atoms with van der Waals surface area (Å²) >= 11 is 2.75. The van der Waals surface area contributed by atoms with Gasteiger partial charge in [-0.15, -0.1) is 22.7 Å². The van der Waals surface area contributed by atoms with Gasteiger partial charge in [-0.3, -0.25) is 9.59 Å². The number of carbonyl (C=O) groups is 4. The summed E-state index contributed by atoms with van der Waals surface area (Å²) in [6.45, 7) is 3.76. The summed E-state index contributed by atoms with van der Waals surface area (Å²) in [5.41, 5.74) is -0.0566. The Hall–Kier alpha value is -2.72. The summed E-state index contributed by atoms with van der Waals surface area (Å²) in [6, 6.07) is 3.78. The first-order chi connectivity index (χ1) is 17.6. The number of hydrogen-bond donors (Lipinski definition) is 3. The molecule has 0 aliphatic heterocycles. The van der Waals surface area contributed by atoms with Gasteiger partial charge in [0.2, 0.25) is 0 Å². The van der Waals surface area contributed by atoms with Gasteiger partial charge in [-0.1, -0.05) is 38.5 Å². The van der Waals surface area contributed by atoms with E-state index in [4.69, 9.17) is 4.74 Å². The fourth-order valence-electron chi connectivity index (χ4n) is 5.04. The molecule has 2 saturated carbocycles. The molecule has 10 heteroatoms. The van der Waals surface area contributed by atoms with E-state index in [1.54, 1.807) is 0 Å². The summed E-state index contributed by atoms with van der Waals surface area (Å²) in [5.74, 6) is -1.66. The number of rotatable bonds is 6. The molecular weight excluding hydrogens is 512 g/mol. The maximum atomic E-state index is 12.3. The average molecular weight is 549 g/mol. The highest BCUT2D eigenvalue weighted by Crippen LogP contribution is 2.31. The number of carbonyl (C=O) groups excluding carboxylic acids is 3. The Labute approximate surface area is 225 Å². The van der Waals surface area contributed by atoms with Crippen LogP contribution in [0.3, 0.4) is 0 Å². The van der Waals surface area contributed by atoms with Crippen LogP contribution in [0.15, 0.2) is 22.9 Å². The van der Waals surface area contributed by atoms with Crippen LogP contribution in [0, 0.1) is 13.8 Å². The lowest BCUT2D eigenvalue weighted by molar-refractivity contribution is -0.149. The van der Waals surface area contributed by atoms with E-state index < -0.39 is 17.0 Å². The third-order valence-corrected chi connectivity index (χ3v) is 9.27. The largest absolute Gasteiger partial charge is 0.480 e. The molecule has 202 valence electrons. The zero-order chi connectivity index (χ0) is 27.1. The van der Waals surface area contributed by atoms with Crippen molar-refractivity contribution in [2.45, 2.75) is 89.1 Å². The van der Waals surface area contributed by atoms with E-state index >= 15 is 0 Å². The predicted molar refractivity (Wildman–Crippen MR) is 144 cm³/mol. The molecular formula is C27H36N2O6S2. The minimum absolute atomic E-state index is 0.167. The lowest BCUT2D eigenvalue weighted by atomic mass is 9.81. The third-order valence-electron chi connectivity index (χ3n) is 7.24. The van der Waals surface area contributed by atoms with Crippen molar-refractivity contribution >= 4 is 46.4 Å². The topological polar surface area (TPSA) is 122 Å². The highest BCUT2D eigenvalue weighted by molar-refractivity contribution is 7.12. The lowest BCUT2D eigenvalue weighted by Crippen LogP contribution is -2.56. The fourth-order valence-corrected chi connectivity index (χ4v) is 6.68. The van der Waals surface area contributed by atoms with Crippen molar-refractivity contribution in [2.24, 2.45) is 0 Å². The monoisotopic (exact) mass is 548 g/mol. The smallest absolute Gasteiger partial charge is 0.331 e. The van der Waals surface area contributed by atoms with E-state index in [1.807, 2.05) is 36.7 Å². The zero-order valence-electron chi connectivity index (χ0n) is 21.7. The first kappa shape index (κ1) is 28.8. The second-order valence-electron chi connectivity index (χ2n) is 9.86. The van der Waals surface area contributed by atoms with Gasteiger partial charge >= 0.3 is 11.9 Å². The zero-order valence-corrected chi connectivity index (χ0v) is 23.3. The molecule has 0 bridgehead atoms.